The summed E-state index contributed by atoms with van der Waals surface area (Å²) in [6.45, 7) is 0. The van der Waals surface area contributed by atoms with Crippen LogP contribution in [0.25, 0.3) is 0 Å². The molecule has 0 atom stereocenters. The number of nitrogens with zero attached hydrogens (tertiary/aromatic N) is 2. The second kappa shape index (κ2) is 3.35. The number of benzene rings is 1. The SMILES string of the molecule is O=C1CCc2cc([N+](=O)[O-])ccc2N1C12CC(C1)C2. The smallest absolute Gasteiger partial charge is 0.269 e. The Hall–Kier alpha value is -1.91. The second-order valence-corrected chi connectivity index (χ2v) is 6.00. The third kappa shape index (κ3) is 1.33. The number of rotatable bonds is 2. The first-order valence-corrected chi connectivity index (χ1v) is 6.69. The number of hydrogen-bond donors (Lipinski definition) is 0. The monoisotopic (exact) mass is 258 g/mol. The maximum atomic E-state index is 12.2. The molecule has 1 heterocycles. The number of nitro benzene ring substituents is 1. The largest absolute Gasteiger partial charge is 0.306 e. The molecule has 5 nitrogen and oxygen atoms in total. The van der Waals surface area contributed by atoms with Gasteiger partial charge < -0.3 is 4.90 Å². The molecule has 0 aromatic heterocycles. The number of amides is 1. The molecule has 19 heavy (non-hydrogen) atoms. The maximum absolute atomic E-state index is 12.2. The zero-order valence-electron chi connectivity index (χ0n) is 10.5. The molecule has 3 fully saturated rings. The molecule has 1 aromatic carbocycles. The number of aryl methyl sites for hydroxylation is 1. The summed E-state index contributed by atoms with van der Waals surface area (Å²) in [6.07, 6.45) is 4.41. The van der Waals surface area contributed by atoms with E-state index >= 15 is 0 Å². The van der Waals surface area contributed by atoms with Gasteiger partial charge in [-0.25, -0.2) is 0 Å². The Balaban J connectivity index is 1.78. The molecule has 0 saturated heterocycles. The van der Waals surface area contributed by atoms with Crippen molar-refractivity contribution in [3.8, 4) is 0 Å². The molecule has 2 bridgehead atoms. The Morgan fingerprint density at radius 3 is 2.58 bits per heavy atom. The summed E-state index contributed by atoms with van der Waals surface area (Å²) in [4.78, 5) is 24.6. The van der Waals surface area contributed by atoms with Gasteiger partial charge in [0.1, 0.15) is 0 Å². The Morgan fingerprint density at radius 1 is 1.26 bits per heavy atom. The van der Waals surface area contributed by atoms with Crippen LogP contribution in [-0.4, -0.2) is 16.4 Å². The highest BCUT2D eigenvalue weighted by atomic mass is 16.6. The molecule has 0 radical (unpaired) electrons. The fourth-order valence-electron chi connectivity index (χ4n) is 3.82. The van der Waals surface area contributed by atoms with Crippen LogP contribution in [0.5, 0.6) is 0 Å². The molecular formula is C14H14N2O3. The molecule has 98 valence electrons. The van der Waals surface area contributed by atoms with Gasteiger partial charge in [-0.3, -0.25) is 14.9 Å². The van der Waals surface area contributed by atoms with Gasteiger partial charge in [0.05, 0.1) is 4.92 Å². The van der Waals surface area contributed by atoms with E-state index in [-0.39, 0.29) is 22.1 Å². The molecule has 0 spiro atoms. The van der Waals surface area contributed by atoms with Gasteiger partial charge in [0.15, 0.2) is 0 Å². The van der Waals surface area contributed by atoms with Gasteiger partial charge in [-0.1, -0.05) is 0 Å². The normalized spacial score (nSPS) is 31.3. The van der Waals surface area contributed by atoms with Gasteiger partial charge in [0, 0.05) is 29.8 Å². The average molecular weight is 258 g/mol. The van der Waals surface area contributed by atoms with E-state index in [4.69, 9.17) is 0 Å². The van der Waals surface area contributed by atoms with Crippen LogP contribution in [0.2, 0.25) is 0 Å². The predicted octanol–water partition coefficient (Wildman–Crippen LogP) is 2.43. The third-order valence-corrected chi connectivity index (χ3v) is 4.85. The van der Waals surface area contributed by atoms with Crippen molar-refractivity contribution in [1.29, 1.82) is 0 Å². The summed E-state index contributed by atoms with van der Waals surface area (Å²) in [5.41, 5.74) is 2.01. The first-order valence-electron chi connectivity index (χ1n) is 6.69. The molecule has 1 aliphatic heterocycles. The van der Waals surface area contributed by atoms with Gasteiger partial charge in [-0.05, 0) is 43.2 Å². The Kier molecular flexibility index (Phi) is 1.93. The Morgan fingerprint density at radius 2 is 2.00 bits per heavy atom. The summed E-state index contributed by atoms with van der Waals surface area (Å²) >= 11 is 0. The Labute approximate surface area is 110 Å². The van der Waals surface area contributed by atoms with Crippen LogP contribution in [0.4, 0.5) is 11.4 Å². The number of nitro groups is 1. The van der Waals surface area contributed by atoms with Gasteiger partial charge in [0.2, 0.25) is 5.91 Å². The number of fused-ring (bicyclic) bond motifs is 1. The van der Waals surface area contributed by atoms with Crippen molar-refractivity contribution in [1.82, 2.24) is 0 Å². The number of carbonyl (C=O) groups is 1. The zero-order valence-corrected chi connectivity index (χ0v) is 10.5. The molecule has 0 N–H and O–H groups in total. The van der Waals surface area contributed by atoms with E-state index in [0.29, 0.717) is 12.8 Å². The van der Waals surface area contributed by atoms with Crippen molar-refractivity contribution in [2.45, 2.75) is 37.6 Å². The van der Waals surface area contributed by atoms with Crippen molar-refractivity contribution >= 4 is 17.3 Å². The number of hydrogen-bond acceptors (Lipinski definition) is 3. The molecule has 1 amide bonds. The Bertz CT molecular complexity index is 594. The first kappa shape index (κ1) is 11.0. The lowest BCUT2D eigenvalue weighted by Crippen LogP contribution is -2.70. The minimum atomic E-state index is -0.373. The molecular weight excluding hydrogens is 244 g/mol. The minimum absolute atomic E-state index is 0.0487. The van der Waals surface area contributed by atoms with Crippen LogP contribution < -0.4 is 4.90 Å². The minimum Gasteiger partial charge on any atom is -0.306 e. The van der Waals surface area contributed by atoms with Crippen LogP contribution >= 0.6 is 0 Å². The fraction of sp³-hybridized carbons (Fsp3) is 0.500. The maximum Gasteiger partial charge on any atom is 0.269 e. The number of anilines is 1. The summed E-state index contributed by atoms with van der Waals surface area (Å²) in [5, 5.41) is 10.8. The fourth-order valence-corrected chi connectivity index (χ4v) is 3.82. The summed E-state index contributed by atoms with van der Waals surface area (Å²) in [5.74, 6) is 0.982. The molecule has 0 unspecified atom stereocenters. The number of non-ortho nitro benzene ring substituents is 1. The number of carbonyl (C=O) groups excluding carboxylic acids is 1. The lowest BCUT2D eigenvalue weighted by molar-refractivity contribution is -0.384. The standard InChI is InChI=1S/C14H14N2O3/c17-13-4-1-10-5-11(16(18)19)2-3-12(10)15(13)14-6-9(7-14)8-14/h2-3,5,9H,1,4,6-8H2. The predicted molar refractivity (Wildman–Crippen MR) is 69.0 cm³/mol. The molecule has 1 aromatic rings. The van der Waals surface area contributed by atoms with E-state index in [1.165, 1.54) is 6.07 Å². The molecule has 5 rings (SSSR count). The van der Waals surface area contributed by atoms with E-state index in [2.05, 4.69) is 0 Å². The van der Waals surface area contributed by atoms with Gasteiger partial charge >= 0.3 is 0 Å². The zero-order chi connectivity index (χ0) is 13.2. The first-order chi connectivity index (χ1) is 9.09. The van der Waals surface area contributed by atoms with Crippen molar-refractivity contribution < 1.29 is 9.72 Å². The lowest BCUT2D eigenvalue weighted by atomic mass is 9.48. The molecule has 3 saturated carbocycles. The summed E-state index contributed by atoms with van der Waals surface area (Å²) in [7, 11) is 0. The van der Waals surface area contributed by atoms with Crippen molar-refractivity contribution in [2.75, 3.05) is 4.90 Å². The average Bonchev–Trinajstić information content (AvgIpc) is 2.28. The van der Waals surface area contributed by atoms with E-state index in [1.807, 2.05) is 4.90 Å². The lowest BCUT2D eigenvalue weighted by Gasteiger charge is -2.66. The van der Waals surface area contributed by atoms with Crippen molar-refractivity contribution in [3.63, 3.8) is 0 Å². The van der Waals surface area contributed by atoms with Gasteiger partial charge in [-0.15, -0.1) is 0 Å². The molecule has 5 heteroatoms. The molecule has 3 aliphatic carbocycles. The van der Waals surface area contributed by atoms with E-state index in [0.717, 1.165) is 36.4 Å². The highest BCUT2D eigenvalue weighted by Gasteiger charge is 2.62. The van der Waals surface area contributed by atoms with Gasteiger partial charge in [-0.2, -0.15) is 0 Å². The third-order valence-electron chi connectivity index (χ3n) is 4.85. The van der Waals surface area contributed by atoms with Crippen LogP contribution in [0.1, 0.15) is 31.2 Å². The van der Waals surface area contributed by atoms with Crippen LogP contribution in [0.3, 0.4) is 0 Å². The van der Waals surface area contributed by atoms with Crippen LogP contribution in [-0.2, 0) is 11.2 Å². The second-order valence-electron chi connectivity index (χ2n) is 6.00. The van der Waals surface area contributed by atoms with E-state index < -0.39 is 0 Å². The summed E-state index contributed by atoms with van der Waals surface area (Å²) < 4.78 is 0. The van der Waals surface area contributed by atoms with Gasteiger partial charge in [0.25, 0.3) is 5.69 Å². The quantitative estimate of drug-likeness (QED) is 0.604. The highest BCUT2D eigenvalue weighted by Crippen LogP contribution is 2.62. The van der Waals surface area contributed by atoms with E-state index in [9.17, 15) is 14.9 Å². The van der Waals surface area contributed by atoms with Crippen molar-refractivity contribution in [2.24, 2.45) is 5.92 Å². The van der Waals surface area contributed by atoms with Crippen LogP contribution in [0.15, 0.2) is 18.2 Å². The van der Waals surface area contributed by atoms with Crippen LogP contribution in [0, 0.1) is 16.0 Å². The topological polar surface area (TPSA) is 63.4 Å². The summed E-state index contributed by atoms with van der Waals surface area (Å²) in [6, 6.07) is 4.89. The van der Waals surface area contributed by atoms with Crippen molar-refractivity contribution in [3.05, 3.63) is 33.9 Å². The molecule has 4 aliphatic rings. The van der Waals surface area contributed by atoms with E-state index in [1.54, 1.807) is 12.1 Å². The highest BCUT2D eigenvalue weighted by molar-refractivity contribution is 5.98.